The van der Waals surface area contributed by atoms with Gasteiger partial charge < -0.3 is 5.73 Å². The number of rotatable bonds is 2. The number of aryl methyl sites for hydroxylation is 1. The summed E-state index contributed by atoms with van der Waals surface area (Å²) in [5.41, 5.74) is 6.97. The molecule has 2 heterocycles. The summed E-state index contributed by atoms with van der Waals surface area (Å²) in [4.78, 5) is 3.96. The van der Waals surface area contributed by atoms with E-state index in [9.17, 15) is 0 Å². The molecule has 2 rings (SSSR count). The third-order valence-corrected chi connectivity index (χ3v) is 3.91. The summed E-state index contributed by atoms with van der Waals surface area (Å²) < 4.78 is 0. The largest absolute Gasteiger partial charge is 0.326 e. The van der Waals surface area contributed by atoms with Crippen LogP contribution in [0.2, 0.25) is 0 Å². The lowest BCUT2D eigenvalue weighted by molar-refractivity contribution is 1.11. The normalized spacial score (nSPS) is 10.6. The molecule has 13 heavy (non-hydrogen) atoms. The fourth-order valence-electron chi connectivity index (χ4n) is 1.30. The van der Waals surface area contributed by atoms with Crippen molar-refractivity contribution in [1.29, 1.82) is 0 Å². The molecule has 0 aliphatic carbocycles. The van der Waals surface area contributed by atoms with E-state index in [0.29, 0.717) is 6.54 Å². The highest BCUT2D eigenvalue weighted by molar-refractivity contribution is 7.16. The van der Waals surface area contributed by atoms with Crippen LogP contribution in [0.15, 0.2) is 23.6 Å². The Morgan fingerprint density at radius 2 is 2.15 bits per heavy atom. The first kappa shape index (κ1) is 8.94. The van der Waals surface area contributed by atoms with Gasteiger partial charge in [-0.1, -0.05) is 0 Å². The van der Waals surface area contributed by atoms with Crippen molar-refractivity contribution in [2.24, 2.45) is 5.73 Å². The Hall–Kier alpha value is -0.640. The van der Waals surface area contributed by atoms with Crippen LogP contribution in [0.5, 0.6) is 0 Å². The molecule has 68 valence electrons. The summed E-state index contributed by atoms with van der Waals surface area (Å²) in [6.07, 6.45) is 0. The fourth-order valence-corrected chi connectivity index (χ4v) is 3.05. The summed E-state index contributed by atoms with van der Waals surface area (Å²) >= 11 is 3.56. The second-order valence-corrected chi connectivity index (χ2v) is 5.16. The zero-order chi connectivity index (χ0) is 9.26. The highest BCUT2D eigenvalue weighted by Gasteiger charge is 2.06. The predicted octanol–water partition coefficient (Wildman–Crippen LogP) is 3.24. The van der Waals surface area contributed by atoms with Gasteiger partial charge in [0.2, 0.25) is 0 Å². The average molecular weight is 209 g/mol. The molecule has 0 aliphatic rings. The van der Waals surface area contributed by atoms with Crippen LogP contribution in [0.1, 0.15) is 9.75 Å². The van der Waals surface area contributed by atoms with Crippen molar-refractivity contribution in [1.82, 2.24) is 0 Å². The molecule has 0 saturated carbocycles. The lowest BCUT2D eigenvalue weighted by atomic mass is 10.2. The zero-order valence-corrected chi connectivity index (χ0v) is 9.04. The second-order valence-electron chi connectivity index (χ2n) is 2.87. The molecule has 2 N–H and O–H groups in total. The third-order valence-electron chi connectivity index (χ3n) is 1.94. The van der Waals surface area contributed by atoms with Crippen LogP contribution < -0.4 is 5.73 Å². The van der Waals surface area contributed by atoms with Crippen LogP contribution in [0.3, 0.4) is 0 Å². The van der Waals surface area contributed by atoms with Crippen LogP contribution in [0.4, 0.5) is 0 Å². The Kier molecular flexibility index (Phi) is 2.49. The minimum atomic E-state index is 0.643. The maximum atomic E-state index is 5.65. The molecular weight excluding hydrogens is 198 g/mol. The monoisotopic (exact) mass is 209 g/mol. The summed E-state index contributed by atoms with van der Waals surface area (Å²) in [7, 11) is 0. The maximum Gasteiger partial charge on any atom is 0.0357 e. The molecule has 0 bridgehead atoms. The van der Waals surface area contributed by atoms with Crippen molar-refractivity contribution in [3.05, 3.63) is 33.3 Å². The Labute approximate surface area is 85.8 Å². The Bertz CT molecular complexity index is 400. The topological polar surface area (TPSA) is 26.0 Å². The molecule has 1 nitrogen and oxygen atoms in total. The van der Waals surface area contributed by atoms with Crippen LogP contribution in [-0.4, -0.2) is 0 Å². The van der Waals surface area contributed by atoms with E-state index >= 15 is 0 Å². The van der Waals surface area contributed by atoms with Crippen molar-refractivity contribution < 1.29 is 0 Å². The zero-order valence-electron chi connectivity index (χ0n) is 7.41. The molecule has 0 amide bonds. The Morgan fingerprint density at radius 3 is 2.77 bits per heavy atom. The SMILES string of the molecule is Cc1ccc(-c2ccsc2CN)s1. The standard InChI is InChI=1S/C10H11NS2/c1-7-2-3-9(13-7)8-4-5-12-10(8)6-11/h2-5H,6,11H2,1H3. The minimum Gasteiger partial charge on any atom is -0.326 e. The van der Waals surface area contributed by atoms with Gasteiger partial charge in [0.25, 0.3) is 0 Å². The Morgan fingerprint density at radius 1 is 1.31 bits per heavy atom. The van der Waals surface area contributed by atoms with Gasteiger partial charge in [0.05, 0.1) is 0 Å². The van der Waals surface area contributed by atoms with E-state index in [2.05, 4.69) is 30.5 Å². The van der Waals surface area contributed by atoms with Crippen molar-refractivity contribution in [2.45, 2.75) is 13.5 Å². The summed E-state index contributed by atoms with van der Waals surface area (Å²) in [6, 6.07) is 6.47. The van der Waals surface area contributed by atoms with E-state index in [0.717, 1.165) is 0 Å². The van der Waals surface area contributed by atoms with E-state index in [1.165, 1.54) is 20.2 Å². The van der Waals surface area contributed by atoms with E-state index < -0.39 is 0 Å². The van der Waals surface area contributed by atoms with E-state index in [1.807, 2.05) is 11.3 Å². The first-order valence-electron chi connectivity index (χ1n) is 4.14. The van der Waals surface area contributed by atoms with Crippen molar-refractivity contribution >= 4 is 22.7 Å². The Balaban J connectivity index is 2.45. The molecule has 2 aromatic heterocycles. The molecule has 0 aromatic carbocycles. The molecule has 2 aromatic rings. The minimum absolute atomic E-state index is 0.643. The quantitative estimate of drug-likeness (QED) is 0.807. The van der Waals surface area contributed by atoms with E-state index in [4.69, 9.17) is 5.73 Å². The first-order chi connectivity index (χ1) is 6.31. The highest BCUT2D eigenvalue weighted by Crippen LogP contribution is 2.32. The van der Waals surface area contributed by atoms with Gasteiger partial charge in [-0.2, -0.15) is 0 Å². The fraction of sp³-hybridized carbons (Fsp3) is 0.200. The van der Waals surface area contributed by atoms with Crippen molar-refractivity contribution in [2.75, 3.05) is 0 Å². The van der Waals surface area contributed by atoms with Gasteiger partial charge in [-0.25, -0.2) is 0 Å². The van der Waals surface area contributed by atoms with Gasteiger partial charge in [-0.3, -0.25) is 0 Å². The van der Waals surface area contributed by atoms with Crippen LogP contribution >= 0.6 is 22.7 Å². The second kappa shape index (κ2) is 3.62. The van der Waals surface area contributed by atoms with Gasteiger partial charge in [-0.05, 0) is 30.5 Å². The molecule has 3 heteroatoms. The number of hydrogen-bond acceptors (Lipinski definition) is 3. The molecule has 0 fully saturated rings. The van der Waals surface area contributed by atoms with Gasteiger partial charge in [0.1, 0.15) is 0 Å². The maximum absolute atomic E-state index is 5.65. The van der Waals surface area contributed by atoms with E-state index in [1.54, 1.807) is 11.3 Å². The van der Waals surface area contributed by atoms with Gasteiger partial charge in [-0.15, -0.1) is 22.7 Å². The third kappa shape index (κ3) is 1.68. The molecule has 0 atom stereocenters. The van der Waals surface area contributed by atoms with Gasteiger partial charge >= 0.3 is 0 Å². The molecule has 0 aliphatic heterocycles. The highest BCUT2D eigenvalue weighted by atomic mass is 32.1. The van der Waals surface area contributed by atoms with Crippen LogP contribution in [-0.2, 0) is 6.54 Å². The summed E-state index contributed by atoms with van der Waals surface area (Å²) in [5.74, 6) is 0. The lowest BCUT2D eigenvalue weighted by Gasteiger charge is -1.96. The molecule has 0 saturated heterocycles. The van der Waals surface area contributed by atoms with Crippen molar-refractivity contribution in [3.63, 3.8) is 0 Å². The number of thiophene rings is 2. The summed E-state index contributed by atoms with van der Waals surface area (Å²) in [6.45, 7) is 2.77. The average Bonchev–Trinajstić information content (AvgIpc) is 2.71. The molecular formula is C10H11NS2. The molecule has 0 spiro atoms. The van der Waals surface area contributed by atoms with Crippen LogP contribution in [0, 0.1) is 6.92 Å². The van der Waals surface area contributed by atoms with Gasteiger partial charge in [0, 0.05) is 26.7 Å². The van der Waals surface area contributed by atoms with Crippen molar-refractivity contribution in [3.8, 4) is 10.4 Å². The molecule has 0 unspecified atom stereocenters. The smallest absolute Gasteiger partial charge is 0.0357 e. The number of hydrogen-bond donors (Lipinski definition) is 1. The lowest BCUT2D eigenvalue weighted by Crippen LogP contribution is -1.93. The van der Waals surface area contributed by atoms with Crippen LogP contribution in [0.25, 0.3) is 10.4 Å². The molecule has 0 radical (unpaired) electrons. The first-order valence-corrected chi connectivity index (χ1v) is 5.84. The summed E-state index contributed by atoms with van der Waals surface area (Å²) in [5, 5.41) is 2.10. The predicted molar refractivity (Wildman–Crippen MR) is 60.3 cm³/mol. The number of nitrogens with two attached hydrogens (primary N) is 1. The van der Waals surface area contributed by atoms with E-state index in [-0.39, 0.29) is 0 Å². The van der Waals surface area contributed by atoms with Gasteiger partial charge in [0.15, 0.2) is 0 Å².